The number of nitrogens with one attached hydrogen (secondary N) is 3. The highest BCUT2D eigenvalue weighted by atomic mass is 32.1. The van der Waals surface area contributed by atoms with Crippen LogP contribution in [0.25, 0.3) is 0 Å². The summed E-state index contributed by atoms with van der Waals surface area (Å²) in [5.74, 6) is -2.44. The average molecular weight is 966 g/mol. The second-order valence-corrected chi connectivity index (χ2v) is 13.9. The molecule has 7 N–H and O–H groups in total. The third kappa shape index (κ3) is 36.5. The highest BCUT2D eigenvalue weighted by molar-refractivity contribution is 7.59. The van der Waals surface area contributed by atoms with Gasteiger partial charge in [-0.25, -0.2) is 4.79 Å². The van der Waals surface area contributed by atoms with Crippen molar-refractivity contribution >= 4 is 101 Å². The van der Waals surface area contributed by atoms with Gasteiger partial charge in [-0.2, -0.15) is 54.0 Å². The number of unbranched alkanes of at least 4 members (excludes halogenated alkanes) is 3. The number of likely N-dealkylation sites (N-methyl/N-ethyl adjacent to an activating group) is 1. The number of rotatable bonds is 37. The van der Waals surface area contributed by atoms with E-state index in [1.165, 1.54) is 24.0 Å². The topological polar surface area (TPSA) is 268 Å². The molecule has 0 rings (SSSR count). The van der Waals surface area contributed by atoms with Crippen molar-refractivity contribution in [3.05, 3.63) is 0 Å². The molecule has 23 heteroatoms. The molecule has 0 radical (unpaired) electrons. The number of nitrogens with zero attached hydrogens (tertiary/aromatic N) is 2. The van der Waals surface area contributed by atoms with Crippen LogP contribution in [0.5, 0.6) is 0 Å². The van der Waals surface area contributed by atoms with Crippen LogP contribution in [0.1, 0.15) is 103 Å². The van der Waals surface area contributed by atoms with Crippen LogP contribution in [0.2, 0.25) is 0 Å². The predicted molar refractivity (Wildman–Crippen MR) is 256 cm³/mol. The van der Waals surface area contributed by atoms with Gasteiger partial charge in [-0.15, -0.1) is 0 Å². The molecule has 0 saturated heterocycles. The number of hydrogen-bond donors (Lipinski definition) is 5. The minimum absolute atomic E-state index is 0. The van der Waals surface area contributed by atoms with Gasteiger partial charge in [-0.05, 0) is 52.0 Å². The lowest BCUT2D eigenvalue weighted by molar-refractivity contribution is -0.145. The van der Waals surface area contributed by atoms with Gasteiger partial charge in [0, 0.05) is 97.9 Å². The molecule has 0 aromatic rings. The molecule has 0 saturated carbocycles. The number of methoxy groups -OCH3 is 2. The van der Waals surface area contributed by atoms with Crippen molar-refractivity contribution < 1.29 is 57.3 Å². The lowest BCUT2D eigenvalue weighted by atomic mass is 9.97. The van der Waals surface area contributed by atoms with E-state index in [2.05, 4.69) is 16.0 Å². The van der Waals surface area contributed by atoms with Crippen molar-refractivity contribution in [2.75, 3.05) is 87.0 Å². The summed E-state index contributed by atoms with van der Waals surface area (Å²) in [5, 5.41) is 8.18. The number of primary amides is 2. The summed E-state index contributed by atoms with van der Waals surface area (Å²) in [5.41, 5.74) is 10.8. The molecule has 0 aromatic carbocycles. The maximum absolute atomic E-state index is 13.5. The number of nitrogens with two attached hydrogens (primary N) is 2. The number of carbonyl (C=O) groups is 8. The first-order chi connectivity index (χ1) is 27.8. The number of esters is 1. The number of hydrogen-bond acceptors (Lipinski definition) is 13. The van der Waals surface area contributed by atoms with Gasteiger partial charge in [0.25, 0.3) is 0 Å². The van der Waals surface area contributed by atoms with Crippen molar-refractivity contribution in [1.82, 2.24) is 25.8 Å². The lowest BCUT2D eigenvalue weighted by Crippen LogP contribution is -2.44. The van der Waals surface area contributed by atoms with E-state index in [-0.39, 0.29) is 187 Å². The maximum Gasteiger partial charge on any atom is 0.407 e. The molecule has 0 aromatic heterocycles. The van der Waals surface area contributed by atoms with E-state index in [1.807, 2.05) is 6.92 Å². The normalized spacial score (nSPS) is 11.1. The van der Waals surface area contributed by atoms with Crippen molar-refractivity contribution in [2.24, 2.45) is 17.4 Å². The Hall–Kier alpha value is -2.96. The van der Waals surface area contributed by atoms with Gasteiger partial charge in [-0.3, -0.25) is 33.6 Å². The monoisotopic (exact) mass is 965 g/mol. The maximum atomic E-state index is 13.5. The first kappa shape index (κ1) is 68.1. The van der Waals surface area contributed by atoms with Gasteiger partial charge in [0.1, 0.15) is 19.0 Å². The molecule has 0 fully saturated rings. The van der Waals surface area contributed by atoms with Gasteiger partial charge in [0.05, 0.1) is 19.3 Å². The molecule has 0 bridgehead atoms. The van der Waals surface area contributed by atoms with Crippen LogP contribution in [0.15, 0.2) is 0 Å². The number of ketones is 1. The quantitative estimate of drug-likeness (QED) is 0.0436. The summed E-state index contributed by atoms with van der Waals surface area (Å²) in [7, 11) is 4.60. The smallest absolute Gasteiger partial charge is 0.407 e. The minimum Gasteiger partial charge on any atom is -0.463 e. The Morgan fingerprint density at radius 1 is 0.565 bits per heavy atom. The summed E-state index contributed by atoms with van der Waals surface area (Å²) in [6.45, 7) is 3.05. The Morgan fingerprint density at radius 2 is 1.15 bits per heavy atom. The van der Waals surface area contributed by atoms with E-state index in [1.54, 1.807) is 7.05 Å². The van der Waals surface area contributed by atoms with Crippen LogP contribution < -0.4 is 27.4 Å². The van der Waals surface area contributed by atoms with Crippen molar-refractivity contribution in [1.29, 1.82) is 0 Å². The number of amides is 6. The molecule has 62 heavy (non-hydrogen) atoms. The zero-order valence-electron chi connectivity index (χ0n) is 37.3. The van der Waals surface area contributed by atoms with Crippen molar-refractivity contribution in [3.8, 4) is 0 Å². The van der Waals surface area contributed by atoms with E-state index in [0.29, 0.717) is 51.5 Å². The van der Waals surface area contributed by atoms with Gasteiger partial charge >= 0.3 is 12.1 Å². The predicted octanol–water partition coefficient (Wildman–Crippen LogP) is 1.39. The van der Waals surface area contributed by atoms with Crippen LogP contribution in [0.4, 0.5) is 4.79 Å². The van der Waals surface area contributed by atoms with Crippen LogP contribution in [-0.2, 0) is 52.5 Å². The first-order valence-corrected chi connectivity index (χ1v) is 20.4. The summed E-state index contributed by atoms with van der Waals surface area (Å²) in [4.78, 5) is 102. The zero-order chi connectivity index (χ0) is 43.6. The summed E-state index contributed by atoms with van der Waals surface area (Å²) >= 11 is 0. The fraction of sp³-hybridized carbons (Fsp3) is 0.795. The largest absolute Gasteiger partial charge is 0.463 e. The standard InChI is InChI=1S/C39H71N7O12.4H2S/c1-5-30(37(40)52)12-7-6-8-13-31(47)18-22-45(34(49)15-11-16-36(51)57-28-26-55-3)24-25-46(35(50)17-21-44-39(54)58-29-27-56-4)23-19-33(48)43-20-10-9-14-32(42-2)38(41)53;;;;/h30,32,42H,5-29H2,1-4H3,(H2,40,52)(H2,41,53)(H,43,48)(H,44,54);4*1H2/t30-,32-;;;;/m0..../s1. The Morgan fingerprint density at radius 3 is 1.71 bits per heavy atom. The summed E-state index contributed by atoms with van der Waals surface area (Å²) < 4.78 is 19.8. The van der Waals surface area contributed by atoms with Gasteiger partial charge < -0.3 is 56.2 Å². The van der Waals surface area contributed by atoms with Crippen LogP contribution in [0.3, 0.4) is 0 Å². The Kier molecular flexibility index (Phi) is 49.0. The Labute approximate surface area is 396 Å². The first-order valence-electron chi connectivity index (χ1n) is 20.4. The number of ether oxygens (including phenoxy) is 4. The Balaban J connectivity index is -0.00000271. The second kappa shape index (κ2) is 44.6. The second-order valence-electron chi connectivity index (χ2n) is 13.9. The van der Waals surface area contributed by atoms with Crippen molar-refractivity contribution in [3.63, 3.8) is 0 Å². The molecular formula is C39H79N7O12S4. The van der Waals surface area contributed by atoms with E-state index in [4.69, 9.17) is 30.4 Å². The van der Waals surface area contributed by atoms with Gasteiger partial charge in [-0.1, -0.05) is 19.8 Å². The molecule has 0 spiro atoms. The van der Waals surface area contributed by atoms with Crippen molar-refractivity contribution in [2.45, 2.75) is 109 Å². The molecule has 0 heterocycles. The molecule has 0 aliphatic heterocycles. The third-order valence-electron chi connectivity index (χ3n) is 9.40. The van der Waals surface area contributed by atoms with Crippen LogP contribution in [-0.4, -0.2) is 150 Å². The highest BCUT2D eigenvalue weighted by Gasteiger charge is 2.21. The van der Waals surface area contributed by atoms with Crippen LogP contribution >= 0.6 is 54.0 Å². The number of alkyl carbamates (subject to hydrolysis) is 1. The molecule has 19 nitrogen and oxygen atoms in total. The zero-order valence-corrected chi connectivity index (χ0v) is 41.3. The lowest BCUT2D eigenvalue weighted by Gasteiger charge is -2.28. The molecule has 0 aliphatic carbocycles. The van der Waals surface area contributed by atoms with E-state index in [9.17, 15) is 38.4 Å². The average Bonchev–Trinajstić information content (AvgIpc) is 3.18. The molecule has 2 atom stereocenters. The van der Waals surface area contributed by atoms with E-state index >= 15 is 0 Å². The summed E-state index contributed by atoms with van der Waals surface area (Å²) in [6.07, 6.45) is 5.06. The van der Waals surface area contributed by atoms with Gasteiger partial charge in [0.2, 0.25) is 29.5 Å². The van der Waals surface area contributed by atoms with Crippen LogP contribution in [0, 0.1) is 5.92 Å². The summed E-state index contributed by atoms with van der Waals surface area (Å²) in [6, 6.07) is -0.455. The number of Topliss-reactive ketones (excluding diaryl/α,β-unsaturated/α-hetero) is 1. The van der Waals surface area contributed by atoms with Gasteiger partial charge in [0.15, 0.2) is 0 Å². The molecule has 366 valence electrons. The molecule has 0 unspecified atom stereocenters. The van der Waals surface area contributed by atoms with E-state index < -0.39 is 24.0 Å². The molecular weight excluding hydrogens is 887 g/mol. The van der Waals surface area contributed by atoms with E-state index in [0.717, 1.165) is 12.8 Å². The number of carbonyl (C=O) groups excluding carboxylic acids is 8. The molecule has 0 aliphatic rings. The minimum atomic E-state index is -0.715. The fourth-order valence-corrected chi connectivity index (χ4v) is 5.79. The SMILES string of the molecule is CC[C@@H](CCCCCC(=O)CCN(CCN(CCC(=O)NCCCC[C@H](NC)C(N)=O)C(=O)CCNC(=O)OCCOC)C(=O)CCCC(=O)OCCOC)C(N)=O.S.S.S.S. The molecule has 6 amide bonds. The fourth-order valence-electron chi connectivity index (χ4n) is 5.79. The Bertz CT molecular complexity index is 1170. The highest BCUT2D eigenvalue weighted by Crippen LogP contribution is 2.15. The third-order valence-corrected chi connectivity index (χ3v) is 9.40.